The molecule has 9 nitrogen and oxygen atoms in total. The molecule has 31 heavy (non-hydrogen) atoms. The van der Waals surface area contributed by atoms with Gasteiger partial charge in [-0.15, -0.1) is 0 Å². The van der Waals surface area contributed by atoms with Gasteiger partial charge in [-0.2, -0.15) is 20.1 Å². The normalized spacial score (nSPS) is 26.5. The van der Waals surface area contributed by atoms with Gasteiger partial charge in [-0.1, -0.05) is 0 Å². The Morgan fingerprint density at radius 3 is 1.32 bits per heavy atom. The van der Waals surface area contributed by atoms with Crippen LogP contribution in [0.3, 0.4) is 0 Å². The molecule has 0 atom stereocenters. The second-order valence-corrected chi connectivity index (χ2v) is 12.1. The number of piperidine rings is 2. The molecule has 0 unspecified atom stereocenters. The molecule has 10 heteroatoms. The van der Waals surface area contributed by atoms with Crippen molar-refractivity contribution in [1.82, 2.24) is 25.1 Å². The molecule has 5 N–H and O–H groups in total. The lowest BCUT2D eigenvalue weighted by molar-refractivity contribution is -0.243. The summed E-state index contributed by atoms with van der Waals surface area (Å²) in [5, 5.41) is 31.0. The van der Waals surface area contributed by atoms with E-state index in [1.165, 1.54) is 10.1 Å². The smallest absolute Gasteiger partial charge is 0.225 e. The Balaban J connectivity index is 1.76. The van der Waals surface area contributed by atoms with Crippen molar-refractivity contribution in [3.8, 4) is 0 Å². The van der Waals surface area contributed by atoms with Crippen LogP contribution in [0.4, 0.5) is 11.9 Å². The predicted octanol–water partition coefficient (Wildman–Crippen LogP) is 4.18. The fraction of sp³-hybridized carbons (Fsp3) is 0.857. The summed E-state index contributed by atoms with van der Waals surface area (Å²) in [5.41, 5.74) is -1.45. The number of aromatic amines is 1. The van der Waals surface area contributed by atoms with Gasteiger partial charge in [0, 0.05) is 34.2 Å². The average molecular weight is 454 g/mol. The molecule has 3 rings (SSSR count). The highest BCUT2D eigenvalue weighted by atomic mass is 32.1. The molecular weight excluding hydrogens is 414 g/mol. The number of hydroxylamine groups is 4. The first-order valence-corrected chi connectivity index (χ1v) is 11.4. The lowest BCUT2D eigenvalue weighted by Crippen LogP contribution is -2.61. The number of nitrogens with one attached hydrogen (secondary N) is 3. The molecule has 1 aromatic rings. The maximum atomic E-state index is 10.5. The van der Waals surface area contributed by atoms with Gasteiger partial charge in [-0.3, -0.25) is 4.98 Å². The summed E-state index contributed by atoms with van der Waals surface area (Å²) in [4.78, 5) is 12.0. The highest BCUT2D eigenvalue weighted by Gasteiger charge is 2.46. The minimum atomic E-state index is -0.361. The largest absolute Gasteiger partial charge is 0.353 e. The van der Waals surface area contributed by atoms with E-state index in [0.29, 0.717) is 11.9 Å². The first kappa shape index (κ1) is 24.3. The van der Waals surface area contributed by atoms with Crippen LogP contribution < -0.4 is 10.6 Å². The lowest BCUT2D eigenvalue weighted by Gasteiger charge is -2.51. The maximum absolute atomic E-state index is 10.5. The lowest BCUT2D eigenvalue weighted by atomic mass is 9.79. The van der Waals surface area contributed by atoms with E-state index in [9.17, 15) is 10.4 Å². The number of hydrogen-bond donors (Lipinski definition) is 5. The average Bonchev–Trinajstić information content (AvgIpc) is 2.56. The Morgan fingerprint density at radius 2 is 1.03 bits per heavy atom. The molecule has 2 aliphatic heterocycles. The molecule has 0 radical (unpaired) electrons. The van der Waals surface area contributed by atoms with Gasteiger partial charge in [0.15, 0.2) is 0 Å². The molecular formula is C21H39N7O2S. The van der Waals surface area contributed by atoms with Crippen molar-refractivity contribution in [3.05, 3.63) is 4.77 Å². The Bertz CT molecular complexity index is 766. The summed E-state index contributed by atoms with van der Waals surface area (Å²) in [5.74, 6) is 1.15. The quantitative estimate of drug-likeness (QED) is 0.429. The third-order valence-electron chi connectivity index (χ3n) is 6.61. The first-order valence-electron chi connectivity index (χ1n) is 11.0. The first-order chi connectivity index (χ1) is 14.0. The zero-order chi connectivity index (χ0) is 23.4. The molecule has 0 bridgehead atoms. The van der Waals surface area contributed by atoms with Gasteiger partial charge >= 0.3 is 0 Å². The van der Waals surface area contributed by atoms with Crippen molar-refractivity contribution >= 4 is 24.1 Å². The van der Waals surface area contributed by atoms with E-state index in [-0.39, 0.29) is 39.0 Å². The fourth-order valence-corrected chi connectivity index (χ4v) is 5.84. The van der Waals surface area contributed by atoms with Crippen molar-refractivity contribution < 1.29 is 10.4 Å². The fourth-order valence-electron chi connectivity index (χ4n) is 5.65. The number of hydrogen-bond acceptors (Lipinski definition) is 9. The zero-order valence-electron chi connectivity index (χ0n) is 20.1. The van der Waals surface area contributed by atoms with Gasteiger partial charge in [-0.05, 0) is 93.3 Å². The summed E-state index contributed by atoms with van der Waals surface area (Å²) in [7, 11) is 0. The summed E-state index contributed by atoms with van der Waals surface area (Å²) >= 11 is 5.32. The van der Waals surface area contributed by atoms with E-state index >= 15 is 0 Å². The highest BCUT2D eigenvalue weighted by molar-refractivity contribution is 7.71. The van der Waals surface area contributed by atoms with Crippen LogP contribution in [0.1, 0.15) is 81.1 Å². The van der Waals surface area contributed by atoms with E-state index in [2.05, 4.69) is 25.6 Å². The molecule has 2 fully saturated rings. The minimum Gasteiger partial charge on any atom is -0.353 e. The van der Waals surface area contributed by atoms with Crippen molar-refractivity contribution in [2.45, 2.75) is 115 Å². The van der Waals surface area contributed by atoms with Crippen LogP contribution in [0.15, 0.2) is 0 Å². The van der Waals surface area contributed by atoms with Crippen LogP contribution in [0.5, 0.6) is 0 Å². The molecule has 0 spiro atoms. The molecule has 0 aliphatic carbocycles. The number of anilines is 2. The number of aromatic nitrogens is 3. The molecule has 3 heterocycles. The summed E-state index contributed by atoms with van der Waals surface area (Å²) in [6, 6.07) is 0.245. The van der Waals surface area contributed by atoms with Crippen LogP contribution in [-0.2, 0) is 0 Å². The van der Waals surface area contributed by atoms with Crippen LogP contribution in [0.2, 0.25) is 0 Å². The van der Waals surface area contributed by atoms with Crippen LogP contribution in [0.25, 0.3) is 0 Å². The summed E-state index contributed by atoms with van der Waals surface area (Å²) < 4.78 is 0.264. The highest BCUT2D eigenvalue weighted by Crippen LogP contribution is 2.39. The predicted molar refractivity (Wildman–Crippen MR) is 124 cm³/mol. The van der Waals surface area contributed by atoms with Crippen LogP contribution >= 0.6 is 12.2 Å². The topological polar surface area (TPSA) is 113 Å². The third kappa shape index (κ3) is 5.19. The van der Waals surface area contributed by atoms with Crippen molar-refractivity contribution in [3.63, 3.8) is 0 Å². The van der Waals surface area contributed by atoms with Crippen LogP contribution in [0, 0.1) is 4.77 Å². The van der Waals surface area contributed by atoms with Gasteiger partial charge in [0.05, 0.1) is 0 Å². The molecule has 2 saturated heterocycles. The van der Waals surface area contributed by atoms with Crippen LogP contribution in [-0.4, -0.2) is 69.7 Å². The molecule has 0 aromatic carbocycles. The minimum absolute atomic E-state index is 0.122. The van der Waals surface area contributed by atoms with E-state index in [1.54, 1.807) is 0 Å². The summed E-state index contributed by atoms with van der Waals surface area (Å²) in [6.45, 7) is 16.3. The SMILES string of the molecule is CC1(C)CC(Nc2nc(=S)nc(NC3CC(C)(C)N(O)C(C)(C)C3)[nH]2)CC(C)(C)N1O. The van der Waals surface area contributed by atoms with Gasteiger partial charge in [0.1, 0.15) is 0 Å². The van der Waals surface area contributed by atoms with Crippen molar-refractivity contribution in [2.75, 3.05) is 10.6 Å². The van der Waals surface area contributed by atoms with E-state index in [1.807, 2.05) is 55.4 Å². The van der Waals surface area contributed by atoms with Gasteiger partial charge in [0.2, 0.25) is 16.7 Å². The van der Waals surface area contributed by atoms with Gasteiger partial charge in [-0.25, -0.2) is 0 Å². The summed E-state index contributed by atoms with van der Waals surface area (Å²) in [6.07, 6.45) is 3.05. The monoisotopic (exact) mass is 453 g/mol. The second kappa shape index (κ2) is 7.91. The zero-order valence-corrected chi connectivity index (χ0v) is 20.9. The van der Waals surface area contributed by atoms with Gasteiger partial charge < -0.3 is 21.0 Å². The molecule has 2 aliphatic rings. The molecule has 0 amide bonds. The molecule has 1 aromatic heterocycles. The Kier molecular flexibility index (Phi) is 6.21. The Morgan fingerprint density at radius 1 is 0.742 bits per heavy atom. The van der Waals surface area contributed by atoms with Crippen molar-refractivity contribution in [2.24, 2.45) is 0 Å². The Hall–Kier alpha value is -1.33. The maximum Gasteiger partial charge on any atom is 0.225 e. The van der Waals surface area contributed by atoms with Gasteiger partial charge in [0.25, 0.3) is 0 Å². The number of nitrogens with zero attached hydrogens (tertiary/aromatic N) is 4. The Labute approximate surface area is 190 Å². The number of rotatable bonds is 4. The standard InChI is InChI=1S/C21H39N7O2S/c1-18(2)9-13(10-19(3,4)27(18)29)22-15-24-16(26-17(31)25-15)23-14-11-20(5,6)28(30)21(7,8)12-14/h13-14,29-30H,9-12H2,1-8H3,(H3,22,23,24,25,26,31). The van der Waals surface area contributed by atoms with E-state index in [0.717, 1.165) is 25.7 Å². The second-order valence-electron chi connectivity index (χ2n) is 11.7. The van der Waals surface area contributed by atoms with E-state index < -0.39 is 0 Å². The number of H-pyrrole nitrogens is 1. The van der Waals surface area contributed by atoms with E-state index in [4.69, 9.17) is 12.2 Å². The molecule has 176 valence electrons. The third-order valence-corrected chi connectivity index (χ3v) is 6.79. The molecule has 0 saturated carbocycles. The van der Waals surface area contributed by atoms with Crippen molar-refractivity contribution in [1.29, 1.82) is 0 Å².